The van der Waals surface area contributed by atoms with Crippen molar-refractivity contribution in [3.8, 4) is 5.75 Å². The van der Waals surface area contributed by atoms with Crippen LogP contribution in [-0.2, 0) is 0 Å². The Labute approximate surface area is 154 Å². The third-order valence-corrected chi connectivity index (χ3v) is 3.46. The van der Waals surface area contributed by atoms with Crippen molar-refractivity contribution >= 4 is 11.9 Å². The Kier molecular flexibility index (Phi) is 6.67. The molecule has 0 aliphatic heterocycles. The van der Waals surface area contributed by atoms with E-state index in [-0.39, 0.29) is 12.2 Å². The molecule has 0 atom stereocenters. The molecule has 0 unspecified atom stereocenters. The number of ether oxygens (including phenoxy) is 1. The standard InChI is InChI=1S/C23H23FO2/c1-18(12-13-19-9-5-4-6-10-19)8-7-11-22(25)20-14-16-21(17-15-20)26-23(2,3)24/h4-10,12-17H,1,11H2,2-3H3/b8-7-,13-12+. The van der Waals surface area contributed by atoms with Gasteiger partial charge in [-0.3, -0.25) is 4.79 Å². The topological polar surface area (TPSA) is 26.3 Å². The lowest BCUT2D eigenvalue weighted by molar-refractivity contribution is -0.0257. The molecule has 0 saturated heterocycles. The first-order valence-corrected chi connectivity index (χ1v) is 8.43. The van der Waals surface area contributed by atoms with Crippen molar-refractivity contribution in [2.75, 3.05) is 0 Å². The van der Waals surface area contributed by atoms with E-state index >= 15 is 0 Å². The van der Waals surface area contributed by atoms with Crippen LogP contribution >= 0.6 is 0 Å². The molecule has 0 heterocycles. The molecule has 2 aromatic carbocycles. The molecule has 0 aliphatic carbocycles. The van der Waals surface area contributed by atoms with Crippen LogP contribution < -0.4 is 4.74 Å². The van der Waals surface area contributed by atoms with E-state index in [1.807, 2.05) is 48.6 Å². The van der Waals surface area contributed by atoms with Crippen LogP contribution in [0.5, 0.6) is 5.75 Å². The van der Waals surface area contributed by atoms with Crippen LogP contribution in [0.15, 0.2) is 85.0 Å². The third-order valence-electron chi connectivity index (χ3n) is 3.46. The van der Waals surface area contributed by atoms with Crippen LogP contribution in [0.1, 0.15) is 36.2 Å². The zero-order valence-electron chi connectivity index (χ0n) is 15.1. The van der Waals surface area contributed by atoms with Gasteiger partial charge in [0.05, 0.1) is 0 Å². The number of alkyl halides is 1. The smallest absolute Gasteiger partial charge is 0.242 e. The van der Waals surface area contributed by atoms with Gasteiger partial charge in [-0.25, -0.2) is 0 Å². The summed E-state index contributed by atoms with van der Waals surface area (Å²) < 4.78 is 18.5. The van der Waals surface area contributed by atoms with E-state index in [0.29, 0.717) is 11.3 Å². The molecule has 0 aromatic heterocycles. The quantitative estimate of drug-likeness (QED) is 0.420. The van der Waals surface area contributed by atoms with Gasteiger partial charge in [0.25, 0.3) is 0 Å². The molecule has 2 rings (SSSR count). The first kappa shape index (κ1) is 19.4. The molecular formula is C23H23FO2. The lowest BCUT2D eigenvalue weighted by atomic mass is 10.1. The van der Waals surface area contributed by atoms with E-state index in [1.165, 1.54) is 13.8 Å². The number of ketones is 1. The highest BCUT2D eigenvalue weighted by molar-refractivity contribution is 5.97. The molecule has 0 spiro atoms. The second-order valence-electron chi connectivity index (χ2n) is 6.34. The summed E-state index contributed by atoms with van der Waals surface area (Å²) in [6.45, 7) is 6.61. The minimum atomic E-state index is -1.75. The van der Waals surface area contributed by atoms with E-state index in [4.69, 9.17) is 4.74 Å². The summed E-state index contributed by atoms with van der Waals surface area (Å²) in [6.07, 6.45) is 7.75. The maximum Gasteiger partial charge on any atom is 0.242 e. The number of carbonyl (C=O) groups is 1. The molecule has 134 valence electrons. The van der Waals surface area contributed by atoms with Gasteiger partial charge in [0.15, 0.2) is 5.78 Å². The van der Waals surface area contributed by atoms with Gasteiger partial charge in [-0.2, -0.15) is 4.39 Å². The fourth-order valence-electron chi connectivity index (χ4n) is 2.25. The number of Topliss-reactive ketones (excluding diaryl/α,β-unsaturated/α-hetero) is 1. The number of halogens is 1. The van der Waals surface area contributed by atoms with Crippen molar-refractivity contribution in [1.29, 1.82) is 0 Å². The fourth-order valence-corrected chi connectivity index (χ4v) is 2.25. The summed E-state index contributed by atoms with van der Waals surface area (Å²) >= 11 is 0. The predicted molar refractivity (Wildman–Crippen MR) is 105 cm³/mol. The van der Waals surface area contributed by atoms with E-state index < -0.39 is 5.85 Å². The van der Waals surface area contributed by atoms with Crippen molar-refractivity contribution in [1.82, 2.24) is 0 Å². The van der Waals surface area contributed by atoms with Crippen molar-refractivity contribution < 1.29 is 13.9 Å². The summed E-state index contributed by atoms with van der Waals surface area (Å²) in [5.74, 6) is -1.38. The second-order valence-corrected chi connectivity index (χ2v) is 6.34. The Morgan fingerprint density at radius 3 is 2.35 bits per heavy atom. The zero-order chi connectivity index (χ0) is 19.0. The molecule has 2 nitrogen and oxygen atoms in total. The number of hydrogen-bond donors (Lipinski definition) is 0. The molecule has 0 aliphatic rings. The second kappa shape index (κ2) is 8.95. The first-order chi connectivity index (χ1) is 12.3. The number of rotatable bonds is 8. The zero-order valence-corrected chi connectivity index (χ0v) is 15.1. The van der Waals surface area contributed by atoms with Crippen LogP contribution in [0.2, 0.25) is 0 Å². The Hall–Kier alpha value is -2.94. The average molecular weight is 350 g/mol. The molecule has 0 N–H and O–H groups in total. The lowest BCUT2D eigenvalue weighted by Gasteiger charge is -2.16. The number of allylic oxidation sites excluding steroid dienone is 4. The Balaban J connectivity index is 1.86. The summed E-state index contributed by atoms with van der Waals surface area (Å²) in [7, 11) is 0. The van der Waals surface area contributed by atoms with Gasteiger partial charge < -0.3 is 4.74 Å². The van der Waals surface area contributed by atoms with Crippen LogP contribution in [0.3, 0.4) is 0 Å². The van der Waals surface area contributed by atoms with Crippen LogP contribution in [0.25, 0.3) is 6.08 Å². The average Bonchev–Trinajstić information content (AvgIpc) is 2.60. The molecule has 3 heteroatoms. The van der Waals surface area contributed by atoms with E-state index in [9.17, 15) is 9.18 Å². The normalized spacial score (nSPS) is 11.8. The van der Waals surface area contributed by atoms with Gasteiger partial charge >= 0.3 is 0 Å². The lowest BCUT2D eigenvalue weighted by Crippen LogP contribution is -2.20. The Morgan fingerprint density at radius 1 is 1.08 bits per heavy atom. The van der Waals surface area contributed by atoms with Gasteiger partial charge in [-0.05, 0) is 35.4 Å². The number of benzene rings is 2. The number of hydrogen-bond acceptors (Lipinski definition) is 2. The summed E-state index contributed by atoms with van der Waals surface area (Å²) in [6, 6.07) is 16.4. The molecule has 2 aromatic rings. The highest BCUT2D eigenvalue weighted by Crippen LogP contribution is 2.20. The van der Waals surface area contributed by atoms with Crippen molar-refractivity contribution in [2.24, 2.45) is 0 Å². The van der Waals surface area contributed by atoms with Gasteiger partial charge in [0.2, 0.25) is 5.85 Å². The largest absolute Gasteiger partial charge is 0.459 e. The van der Waals surface area contributed by atoms with Crippen LogP contribution in [0.4, 0.5) is 4.39 Å². The highest BCUT2D eigenvalue weighted by Gasteiger charge is 2.16. The molecule has 0 saturated carbocycles. The van der Waals surface area contributed by atoms with Gasteiger partial charge in [-0.1, -0.05) is 61.2 Å². The van der Waals surface area contributed by atoms with E-state index in [2.05, 4.69) is 6.58 Å². The molecule has 0 amide bonds. The molecule has 26 heavy (non-hydrogen) atoms. The molecule has 0 fully saturated rings. The minimum absolute atomic E-state index is 0.0212. The predicted octanol–water partition coefficient (Wildman–Crippen LogP) is 6.17. The van der Waals surface area contributed by atoms with Crippen molar-refractivity contribution in [3.63, 3.8) is 0 Å². The number of carbonyl (C=O) groups excluding carboxylic acids is 1. The molecule has 0 radical (unpaired) electrons. The van der Waals surface area contributed by atoms with E-state index in [0.717, 1.165) is 11.1 Å². The highest BCUT2D eigenvalue weighted by atomic mass is 19.2. The maximum atomic E-state index is 13.4. The third kappa shape index (κ3) is 6.89. The van der Waals surface area contributed by atoms with E-state index in [1.54, 1.807) is 30.3 Å². The SMILES string of the molecule is C=C(/C=C\CC(=O)c1ccc(OC(C)(C)F)cc1)/C=C/c1ccccc1. The maximum absolute atomic E-state index is 13.4. The van der Waals surface area contributed by atoms with Gasteiger partial charge in [-0.15, -0.1) is 0 Å². The fraction of sp³-hybridized carbons (Fsp3) is 0.174. The van der Waals surface area contributed by atoms with Crippen LogP contribution in [0, 0.1) is 0 Å². The van der Waals surface area contributed by atoms with Gasteiger partial charge in [0.1, 0.15) is 5.75 Å². The van der Waals surface area contributed by atoms with Crippen LogP contribution in [-0.4, -0.2) is 11.6 Å². The summed E-state index contributed by atoms with van der Waals surface area (Å²) in [4.78, 5) is 12.2. The summed E-state index contributed by atoms with van der Waals surface area (Å²) in [5, 5.41) is 0. The molecule has 0 bridgehead atoms. The monoisotopic (exact) mass is 350 g/mol. The Bertz CT molecular complexity index is 794. The summed E-state index contributed by atoms with van der Waals surface area (Å²) in [5.41, 5.74) is 2.47. The Morgan fingerprint density at radius 2 is 1.73 bits per heavy atom. The first-order valence-electron chi connectivity index (χ1n) is 8.43. The molecular weight excluding hydrogens is 327 g/mol. The minimum Gasteiger partial charge on any atom is -0.459 e. The van der Waals surface area contributed by atoms with Crippen molar-refractivity contribution in [2.45, 2.75) is 26.1 Å². The van der Waals surface area contributed by atoms with Crippen molar-refractivity contribution in [3.05, 3.63) is 96.1 Å². The van der Waals surface area contributed by atoms with Gasteiger partial charge in [0, 0.05) is 25.8 Å².